The molecule has 0 bridgehead atoms. The highest BCUT2D eigenvalue weighted by molar-refractivity contribution is 5.86. The quantitative estimate of drug-likeness (QED) is 0.523. The molecular weight excluding hydrogens is 346 g/mol. The van der Waals surface area contributed by atoms with E-state index in [-0.39, 0.29) is 5.91 Å². The molecule has 0 radical (unpaired) electrons. The van der Waals surface area contributed by atoms with Crippen molar-refractivity contribution in [2.75, 3.05) is 26.1 Å². The van der Waals surface area contributed by atoms with Crippen molar-refractivity contribution in [2.45, 2.75) is 19.9 Å². The zero-order chi connectivity index (χ0) is 19.6. The van der Waals surface area contributed by atoms with Gasteiger partial charge in [0.15, 0.2) is 11.5 Å². The van der Waals surface area contributed by atoms with Crippen molar-refractivity contribution < 1.29 is 19.0 Å². The molecule has 0 saturated carbocycles. The van der Waals surface area contributed by atoms with Crippen LogP contribution >= 0.6 is 0 Å². The van der Waals surface area contributed by atoms with Crippen molar-refractivity contribution in [1.29, 1.82) is 0 Å². The van der Waals surface area contributed by atoms with Gasteiger partial charge in [-0.05, 0) is 61.9 Å². The Hall–Kier alpha value is -3.22. The Morgan fingerprint density at radius 2 is 1.81 bits per heavy atom. The molecule has 7 heteroatoms. The van der Waals surface area contributed by atoms with Gasteiger partial charge >= 0.3 is 0 Å². The fraction of sp³-hybridized carbons (Fsp3) is 0.300. The molecule has 1 unspecified atom stereocenters. The van der Waals surface area contributed by atoms with Gasteiger partial charge in [-0.2, -0.15) is 5.10 Å². The number of hydrogen-bond acceptors (Lipinski definition) is 6. The molecule has 1 atom stereocenters. The van der Waals surface area contributed by atoms with Crippen LogP contribution in [-0.4, -0.2) is 39.0 Å². The fourth-order valence-corrected chi connectivity index (χ4v) is 2.33. The number of nitrogens with one attached hydrogen (secondary N) is 2. The molecule has 0 spiro atoms. The van der Waals surface area contributed by atoms with E-state index in [1.165, 1.54) is 0 Å². The molecule has 1 amide bonds. The molecule has 7 nitrogen and oxygen atoms in total. The Balaban J connectivity index is 1.89. The Morgan fingerprint density at radius 1 is 1.11 bits per heavy atom. The number of anilines is 1. The van der Waals surface area contributed by atoms with Crippen molar-refractivity contribution in [1.82, 2.24) is 5.43 Å². The van der Waals surface area contributed by atoms with Crippen LogP contribution in [0.15, 0.2) is 47.6 Å². The van der Waals surface area contributed by atoms with Gasteiger partial charge in [-0.3, -0.25) is 4.79 Å². The molecular formula is C20H25N3O4. The number of benzene rings is 2. The SMILES string of the molecule is CCOc1ccc(NC(C)C(=O)NN=Cc2ccc(OC)c(OC)c2)cc1. The predicted molar refractivity (Wildman–Crippen MR) is 106 cm³/mol. The topological polar surface area (TPSA) is 81.2 Å². The maximum atomic E-state index is 12.2. The molecule has 0 aliphatic heterocycles. The van der Waals surface area contributed by atoms with E-state index in [2.05, 4.69) is 15.8 Å². The second-order valence-electron chi connectivity index (χ2n) is 5.67. The Kier molecular flexibility index (Phi) is 7.49. The largest absolute Gasteiger partial charge is 0.494 e. The Bertz CT molecular complexity index is 775. The summed E-state index contributed by atoms with van der Waals surface area (Å²) in [6.45, 7) is 4.31. The number of rotatable bonds is 9. The first-order chi connectivity index (χ1) is 13.1. The van der Waals surface area contributed by atoms with Gasteiger partial charge in [0.2, 0.25) is 0 Å². The second kappa shape index (κ2) is 10.1. The van der Waals surface area contributed by atoms with Crippen molar-refractivity contribution in [3.63, 3.8) is 0 Å². The monoisotopic (exact) mass is 371 g/mol. The summed E-state index contributed by atoms with van der Waals surface area (Å²) in [7, 11) is 3.14. The van der Waals surface area contributed by atoms with Crippen LogP contribution in [0.1, 0.15) is 19.4 Å². The van der Waals surface area contributed by atoms with Crippen molar-refractivity contribution >= 4 is 17.8 Å². The minimum Gasteiger partial charge on any atom is -0.494 e. The van der Waals surface area contributed by atoms with Crippen LogP contribution in [0, 0.1) is 0 Å². The smallest absolute Gasteiger partial charge is 0.262 e. The van der Waals surface area contributed by atoms with Gasteiger partial charge in [-0.25, -0.2) is 5.43 Å². The third-order valence-electron chi connectivity index (χ3n) is 3.74. The first-order valence-electron chi connectivity index (χ1n) is 8.61. The maximum absolute atomic E-state index is 12.2. The normalized spacial score (nSPS) is 11.7. The minimum absolute atomic E-state index is 0.249. The third-order valence-corrected chi connectivity index (χ3v) is 3.74. The molecule has 0 aliphatic carbocycles. The molecule has 0 saturated heterocycles. The van der Waals surface area contributed by atoms with E-state index in [0.29, 0.717) is 18.1 Å². The van der Waals surface area contributed by atoms with Crippen LogP contribution < -0.4 is 25.0 Å². The zero-order valence-electron chi connectivity index (χ0n) is 16.0. The van der Waals surface area contributed by atoms with Gasteiger partial charge in [0.25, 0.3) is 5.91 Å². The minimum atomic E-state index is -0.453. The van der Waals surface area contributed by atoms with E-state index >= 15 is 0 Å². The van der Waals surface area contributed by atoms with Gasteiger partial charge in [0.1, 0.15) is 11.8 Å². The van der Waals surface area contributed by atoms with Crippen LogP contribution in [0.2, 0.25) is 0 Å². The lowest BCUT2D eigenvalue weighted by Crippen LogP contribution is -2.34. The van der Waals surface area contributed by atoms with Crippen LogP contribution in [0.5, 0.6) is 17.2 Å². The van der Waals surface area contributed by atoms with E-state index in [9.17, 15) is 4.79 Å². The molecule has 144 valence electrons. The number of amides is 1. The Labute approximate surface area is 159 Å². The van der Waals surface area contributed by atoms with E-state index in [0.717, 1.165) is 17.0 Å². The zero-order valence-corrected chi connectivity index (χ0v) is 16.0. The number of ether oxygens (including phenoxy) is 3. The molecule has 0 fully saturated rings. The van der Waals surface area contributed by atoms with Crippen molar-refractivity contribution in [3.05, 3.63) is 48.0 Å². The summed E-state index contributed by atoms with van der Waals surface area (Å²) >= 11 is 0. The number of carbonyl (C=O) groups is 1. The Morgan fingerprint density at radius 3 is 2.44 bits per heavy atom. The van der Waals surface area contributed by atoms with Crippen LogP contribution in [-0.2, 0) is 4.79 Å². The fourth-order valence-electron chi connectivity index (χ4n) is 2.33. The van der Waals surface area contributed by atoms with E-state index in [1.54, 1.807) is 39.5 Å². The summed E-state index contributed by atoms with van der Waals surface area (Å²) in [4.78, 5) is 12.2. The van der Waals surface area contributed by atoms with Gasteiger partial charge < -0.3 is 19.5 Å². The summed E-state index contributed by atoms with van der Waals surface area (Å²) in [6, 6.07) is 12.3. The van der Waals surface area contributed by atoms with E-state index < -0.39 is 6.04 Å². The molecule has 27 heavy (non-hydrogen) atoms. The van der Waals surface area contributed by atoms with Crippen LogP contribution in [0.3, 0.4) is 0 Å². The molecule has 0 aliphatic rings. The lowest BCUT2D eigenvalue weighted by atomic mass is 10.2. The maximum Gasteiger partial charge on any atom is 0.262 e. The highest BCUT2D eigenvalue weighted by Gasteiger charge is 2.11. The number of methoxy groups -OCH3 is 2. The first-order valence-corrected chi connectivity index (χ1v) is 8.61. The van der Waals surface area contributed by atoms with Crippen LogP contribution in [0.25, 0.3) is 0 Å². The lowest BCUT2D eigenvalue weighted by molar-refractivity contribution is -0.121. The molecule has 2 N–H and O–H groups in total. The summed E-state index contributed by atoms with van der Waals surface area (Å²) < 4.78 is 15.8. The number of hydrazone groups is 1. The summed E-state index contributed by atoms with van der Waals surface area (Å²) in [6.07, 6.45) is 1.55. The predicted octanol–water partition coefficient (Wildman–Crippen LogP) is 3.05. The lowest BCUT2D eigenvalue weighted by Gasteiger charge is -2.14. The van der Waals surface area contributed by atoms with Gasteiger partial charge in [0, 0.05) is 5.69 Å². The average Bonchev–Trinajstić information content (AvgIpc) is 2.69. The third kappa shape index (κ3) is 5.91. The van der Waals surface area contributed by atoms with Crippen molar-refractivity contribution in [2.24, 2.45) is 5.10 Å². The van der Waals surface area contributed by atoms with Gasteiger partial charge in [0.05, 0.1) is 27.0 Å². The number of carbonyl (C=O) groups excluding carboxylic acids is 1. The van der Waals surface area contributed by atoms with Gasteiger partial charge in [-0.1, -0.05) is 0 Å². The highest BCUT2D eigenvalue weighted by Crippen LogP contribution is 2.26. The standard InChI is InChI=1S/C20H25N3O4/c1-5-27-17-9-7-16(8-10-17)22-14(2)20(24)23-21-13-15-6-11-18(25-3)19(12-15)26-4/h6-14,22H,5H2,1-4H3,(H,23,24). The molecule has 2 rings (SSSR count). The van der Waals surface area contributed by atoms with Crippen LogP contribution in [0.4, 0.5) is 5.69 Å². The molecule has 0 heterocycles. The average molecular weight is 371 g/mol. The van der Waals surface area contributed by atoms with Crippen molar-refractivity contribution in [3.8, 4) is 17.2 Å². The summed E-state index contributed by atoms with van der Waals surface area (Å²) in [5, 5.41) is 7.11. The first kappa shape index (κ1) is 20.1. The van der Waals surface area contributed by atoms with E-state index in [1.807, 2.05) is 37.3 Å². The molecule has 2 aromatic rings. The number of nitrogens with zero attached hydrogens (tertiary/aromatic N) is 1. The summed E-state index contributed by atoms with van der Waals surface area (Å²) in [5.41, 5.74) is 4.12. The van der Waals surface area contributed by atoms with Gasteiger partial charge in [-0.15, -0.1) is 0 Å². The van der Waals surface area contributed by atoms with E-state index in [4.69, 9.17) is 14.2 Å². The summed E-state index contributed by atoms with van der Waals surface area (Å²) in [5.74, 6) is 1.77. The second-order valence-corrected chi connectivity index (χ2v) is 5.67. The molecule has 0 aromatic heterocycles. The molecule has 2 aromatic carbocycles. The highest BCUT2D eigenvalue weighted by atomic mass is 16.5. The number of hydrogen-bond donors (Lipinski definition) is 2.